The normalized spacial score (nSPS) is 12.6. The molecule has 0 saturated heterocycles. The van der Waals surface area contributed by atoms with E-state index in [1.54, 1.807) is 24.1 Å². The van der Waals surface area contributed by atoms with Crippen molar-refractivity contribution in [1.82, 2.24) is 4.90 Å². The van der Waals surface area contributed by atoms with Gasteiger partial charge in [-0.05, 0) is 30.5 Å². The van der Waals surface area contributed by atoms with Crippen molar-refractivity contribution in [2.75, 3.05) is 7.05 Å². The highest BCUT2D eigenvalue weighted by atomic mass is 19.1. The summed E-state index contributed by atoms with van der Waals surface area (Å²) in [5.74, 6) is 0.222. The zero-order valence-corrected chi connectivity index (χ0v) is 10.9. The Morgan fingerprint density at radius 3 is 2.24 bits per heavy atom. The molecule has 17 heavy (non-hydrogen) atoms. The molecule has 0 heterocycles. The van der Waals surface area contributed by atoms with Gasteiger partial charge in [-0.1, -0.05) is 26.0 Å². The van der Waals surface area contributed by atoms with Gasteiger partial charge in [-0.15, -0.1) is 0 Å². The van der Waals surface area contributed by atoms with Gasteiger partial charge in [0.05, 0.1) is 6.04 Å². The lowest BCUT2D eigenvalue weighted by atomic mass is 10.1. The summed E-state index contributed by atoms with van der Waals surface area (Å²) in [6, 6.07) is 6.26. The van der Waals surface area contributed by atoms with Crippen molar-refractivity contribution in [3.8, 4) is 0 Å². The van der Waals surface area contributed by atoms with Crippen LogP contribution in [-0.2, 0) is 4.79 Å². The highest BCUT2D eigenvalue weighted by Gasteiger charge is 2.17. The number of halogens is 1. The summed E-state index contributed by atoms with van der Waals surface area (Å²) in [6.07, 6.45) is 0.544. The third-order valence-corrected chi connectivity index (χ3v) is 2.91. The topological polar surface area (TPSA) is 20.3 Å². The van der Waals surface area contributed by atoms with E-state index in [2.05, 4.69) is 0 Å². The third kappa shape index (κ3) is 3.84. The molecule has 0 radical (unpaired) electrons. The second-order valence-electron chi connectivity index (χ2n) is 4.83. The smallest absolute Gasteiger partial charge is 0.223 e. The highest BCUT2D eigenvalue weighted by Crippen LogP contribution is 2.20. The van der Waals surface area contributed by atoms with Crippen LogP contribution >= 0.6 is 0 Å². The van der Waals surface area contributed by atoms with Crippen LogP contribution in [0.4, 0.5) is 4.39 Å². The zero-order chi connectivity index (χ0) is 13.0. The molecule has 94 valence electrons. The van der Waals surface area contributed by atoms with Crippen molar-refractivity contribution >= 4 is 5.91 Å². The van der Waals surface area contributed by atoms with Gasteiger partial charge in [0.25, 0.3) is 0 Å². The molecular formula is C14H20FNO. The van der Waals surface area contributed by atoms with E-state index in [4.69, 9.17) is 0 Å². The highest BCUT2D eigenvalue weighted by molar-refractivity contribution is 5.76. The molecule has 1 unspecified atom stereocenters. The predicted molar refractivity (Wildman–Crippen MR) is 67.0 cm³/mol. The summed E-state index contributed by atoms with van der Waals surface area (Å²) in [7, 11) is 1.79. The Morgan fingerprint density at radius 1 is 1.24 bits per heavy atom. The van der Waals surface area contributed by atoms with Crippen LogP contribution in [0, 0.1) is 11.7 Å². The van der Waals surface area contributed by atoms with Crippen molar-refractivity contribution in [3.63, 3.8) is 0 Å². The van der Waals surface area contributed by atoms with Crippen molar-refractivity contribution in [3.05, 3.63) is 35.6 Å². The van der Waals surface area contributed by atoms with E-state index < -0.39 is 0 Å². The fourth-order valence-corrected chi connectivity index (χ4v) is 1.67. The van der Waals surface area contributed by atoms with Crippen LogP contribution in [0.3, 0.4) is 0 Å². The minimum atomic E-state index is -0.253. The van der Waals surface area contributed by atoms with Crippen LogP contribution in [0.25, 0.3) is 0 Å². The van der Waals surface area contributed by atoms with Gasteiger partial charge in [-0.3, -0.25) is 4.79 Å². The SMILES string of the molecule is CC(C)CC(=O)N(C)C(C)c1ccc(F)cc1. The van der Waals surface area contributed by atoms with Gasteiger partial charge in [0.2, 0.25) is 5.91 Å². The Morgan fingerprint density at radius 2 is 1.76 bits per heavy atom. The molecule has 1 atom stereocenters. The average molecular weight is 237 g/mol. The van der Waals surface area contributed by atoms with Crippen LogP contribution in [0.5, 0.6) is 0 Å². The van der Waals surface area contributed by atoms with Gasteiger partial charge in [0.15, 0.2) is 0 Å². The Bertz CT molecular complexity index is 372. The second kappa shape index (κ2) is 5.80. The maximum Gasteiger partial charge on any atom is 0.223 e. The van der Waals surface area contributed by atoms with Gasteiger partial charge in [0, 0.05) is 13.5 Å². The Hall–Kier alpha value is -1.38. The van der Waals surface area contributed by atoms with Gasteiger partial charge in [0.1, 0.15) is 5.82 Å². The van der Waals surface area contributed by atoms with Crippen LogP contribution in [-0.4, -0.2) is 17.9 Å². The molecule has 0 N–H and O–H groups in total. The number of hydrogen-bond donors (Lipinski definition) is 0. The van der Waals surface area contributed by atoms with Gasteiger partial charge < -0.3 is 4.90 Å². The number of carbonyl (C=O) groups excluding carboxylic acids is 1. The molecule has 0 fully saturated rings. The molecule has 0 aromatic heterocycles. The third-order valence-electron chi connectivity index (χ3n) is 2.91. The lowest BCUT2D eigenvalue weighted by Gasteiger charge is -2.26. The first kappa shape index (κ1) is 13.7. The molecule has 0 aliphatic carbocycles. The van der Waals surface area contributed by atoms with E-state index in [-0.39, 0.29) is 17.8 Å². The van der Waals surface area contributed by atoms with E-state index in [0.29, 0.717) is 12.3 Å². The first-order chi connectivity index (χ1) is 7.91. The first-order valence-corrected chi connectivity index (χ1v) is 5.93. The molecule has 0 saturated carbocycles. The van der Waals surface area contributed by atoms with E-state index in [9.17, 15) is 9.18 Å². The van der Waals surface area contributed by atoms with Crippen molar-refractivity contribution < 1.29 is 9.18 Å². The Kier molecular flexibility index (Phi) is 4.67. The summed E-state index contributed by atoms with van der Waals surface area (Å²) in [6.45, 7) is 5.99. The van der Waals surface area contributed by atoms with Crippen molar-refractivity contribution in [1.29, 1.82) is 0 Å². The summed E-state index contributed by atoms with van der Waals surface area (Å²) in [5.41, 5.74) is 0.950. The largest absolute Gasteiger partial charge is 0.339 e. The summed E-state index contributed by atoms with van der Waals surface area (Å²) < 4.78 is 12.8. The molecule has 2 nitrogen and oxygen atoms in total. The van der Waals surface area contributed by atoms with E-state index in [1.807, 2.05) is 20.8 Å². The minimum absolute atomic E-state index is 0.0261. The van der Waals surface area contributed by atoms with E-state index >= 15 is 0 Å². The molecule has 3 heteroatoms. The Labute approximate surface area is 102 Å². The summed E-state index contributed by atoms with van der Waals surface area (Å²) in [5, 5.41) is 0. The number of carbonyl (C=O) groups is 1. The van der Waals surface area contributed by atoms with Crippen LogP contribution < -0.4 is 0 Å². The van der Waals surface area contributed by atoms with E-state index in [0.717, 1.165) is 5.56 Å². The average Bonchev–Trinajstić information content (AvgIpc) is 2.27. The fraction of sp³-hybridized carbons (Fsp3) is 0.500. The molecule has 0 bridgehead atoms. The second-order valence-corrected chi connectivity index (χ2v) is 4.83. The molecule has 1 amide bonds. The number of rotatable bonds is 4. The van der Waals surface area contributed by atoms with Gasteiger partial charge in [-0.25, -0.2) is 4.39 Å². The number of benzene rings is 1. The number of amides is 1. The lowest BCUT2D eigenvalue weighted by Crippen LogP contribution is -2.30. The first-order valence-electron chi connectivity index (χ1n) is 5.93. The van der Waals surface area contributed by atoms with Crippen LogP contribution in [0.15, 0.2) is 24.3 Å². The van der Waals surface area contributed by atoms with Crippen molar-refractivity contribution in [2.24, 2.45) is 5.92 Å². The summed E-state index contributed by atoms with van der Waals surface area (Å²) in [4.78, 5) is 13.6. The van der Waals surface area contributed by atoms with Crippen LogP contribution in [0.2, 0.25) is 0 Å². The molecule has 1 aromatic carbocycles. The minimum Gasteiger partial charge on any atom is -0.339 e. The molecular weight excluding hydrogens is 217 g/mol. The molecule has 1 rings (SSSR count). The summed E-state index contributed by atoms with van der Waals surface area (Å²) >= 11 is 0. The van der Waals surface area contributed by atoms with Gasteiger partial charge in [-0.2, -0.15) is 0 Å². The Balaban J connectivity index is 2.72. The lowest BCUT2D eigenvalue weighted by molar-refractivity contribution is -0.132. The number of hydrogen-bond acceptors (Lipinski definition) is 1. The quantitative estimate of drug-likeness (QED) is 0.786. The van der Waals surface area contributed by atoms with Gasteiger partial charge >= 0.3 is 0 Å². The molecule has 1 aromatic rings. The molecule has 0 spiro atoms. The molecule has 0 aliphatic heterocycles. The fourth-order valence-electron chi connectivity index (χ4n) is 1.67. The molecule has 0 aliphatic rings. The standard InChI is InChI=1S/C14H20FNO/c1-10(2)9-14(17)16(4)11(3)12-5-7-13(15)8-6-12/h5-8,10-11H,9H2,1-4H3. The van der Waals surface area contributed by atoms with Crippen LogP contribution in [0.1, 0.15) is 38.8 Å². The zero-order valence-electron chi connectivity index (χ0n) is 10.9. The monoisotopic (exact) mass is 237 g/mol. The maximum absolute atomic E-state index is 12.8. The number of nitrogens with zero attached hydrogens (tertiary/aromatic N) is 1. The maximum atomic E-state index is 12.8. The van der Waals surface area contributed by atoms with Crippen molar-refractivity contribution in [2.45, 2.75) is 33.2 Å². The predicted octanol–water partition coefficient (Wildman–Crippen LogP) is 3.39. The van der Waals surface area contributed by atoms with E-state index in [1.165, 1.54) is 12.1 Å².